The molecule has 2 aromatic rings. The van der Waals surface area contributed by atoms with Gasteiger partial charge in [0.05, 0.1) is 6.54 Å². The second kappa shape index (κ2) is 4.46. The molecule has 0 atom stereocenters. The second-order valence-corrected chi connectivity index (χ2v) is 3.66. The Bertz CT molecular complexity index is 471. The summed E-state index contributed by atoms with van der Waals surface area (Å²) in [6, 6.07) is 5.56. The Morgan fingerprint density at radius 3 is 2.81 bits per heavy atom. The highest BCUT2D eigenvalue weighted by Gasteiger charge is 2.14. The molecule has 0 amide bonds. The van der Waals surface area contributed by atoms with Crippen LogP contribution < -0.4 is 5.46 Å². The van der Waals surface area contributed by atoms with Crippen molar-refractivity contribution in [2.75, 3.05) is 0 Å². The number of aromatic nitrogens is 3. The van der Waals surface area contributed by atoms with Gasteiger partial charge in [0.2, 0.25) is 0 Å². The molecule has 0 radical (unpaired) electrons. The average Bonchev–Trinajstić information content (AvgIpc) is 2.73. The number of benzene rings is 1. The maximum Gasteiger partial charge on any atom is 0.488 e. The van der Waals surface area contributed by atoms with Crippen LogP contribution in [0.1, 0.15) is 11.1 Å². The maximum absolute atomic E-state index is 9.18. The third kappa shape index (κ3) is 2.29. The zero-order valence-electron chi connectivity index (χ0n) is 8.91. The van der Waals surface area contributed by atoms with Crippen molar-refractivity contribution < 1.29 is 10.0 Å². The minimum atomic E-state index is -1.43. The summed E-state index contributed by atoms with van der Waals surface area (Å²) < 4.78 is 1.68. The van der Waals surface area contributed by atoms with Crippen LogP contribution in [0.25, 0.3) is 0 Å². The van der Waals surface area contributed by atoms with Gasteiger partial charge in [0.1, 0.15) is 12.7 Å². The van der Waals surface area contributed by atoms with Crippen molar-refractivity contribution in [3.8, 4) is 0 Å². The van der Waals surface area contributed by atoms with Crippen molar-refractivity contribution in [2.24, 2.45) is 0 Å². The lowest BCUT2D eigenvalue weighted by molar-refractivity contribution is 0.425. The number of hydrogen-bond acceptors (Lipinski definition) is 4. The summed E-state index contributed by atoms with van der Waals surface area (Å²) in [4.78, 5) is 3.85. The van der Waals surface area contributed by atoms with Crippen molar-refractivity contribution in [1.82, 2.24) is 14.8 Å². The topological polar surface area (TPSA) is 71.2 Å². The highest BCUT2D eigenvalue weighted by atomic mass is 16.4. The smallest absolute Gasteiger partial charge is 0.423 e. The molecular weight excluding hydrogens is 205 g/mol. The molecule has 2 rings (SSSR count). The molecule has 0 saturated carbocycles. The fraction of sp³-hybridized carbons (Fsp3) is 0.200. The molecule has 0 spiro atoms. The van der Waals surface area contributed by atoms with Crippen LogP contribution in [-0.2, 0) is 6.54 Å². The molecule has 1 aromatic heterocycles. The van der Waals surface area contributed by atoms with Crippen LogP contribution in [0.4, 0.5) is 0 Å². The van der Waals surface area contributed by atoms with Crippen LogP contribution >= 0.6 is 0 Å². The van der Waals surface area contributed by atoms with Crippen LogP contribution in [0.5, 0.6) is 0 Å². The molecule has 0 bridgehead atoms. The van der Waals surface area contributed by atoms with E-state index in [4.69, 9.17) is 0 Å². The fourth-order valence-corrected chi connectivity index (χ4v) is 1.57. The van der Waals surface area contributed by atoms with Crippen molar-refractivity contribution >= 4 is 12.6 Å². The van der Waals surface area contributed by atoms with E-state index < -0.39 is 7.12 Å². The molecule has 5 nitrogen and oxygen atoms in total. The Labute approximate surface area is 93.5 Å². The van der Waals surface area contributed by atoms with E-state index in [1.807, 2.05) is 19.1 Å². The summed E-state index contributed by atoms with van der Waals surface area (Å²) in [5, 5.41) is 22.3. The fourth-order valence-electron chi connectivity index (χ4n) is 1.57. The number of aryl methyl sites for hydroxylation is 1. The summed E-state index contributed by atoms with van der Waals surface area (Å²) in [6.45, 7) is 2.41. The van der Waals surface area contributed by atoms with Gasteiger partial charge in [-0.3, -0.25) is 0 Å². The van der Waals surface area contributed by atoms with Gasteiger partial charge in [-0.05, 0) is 17.9 Å². The van der Waals surface area contributed by atoms with Gasteiger partial charge in [0.25, 0.3) is 0 Å². The molecule has 1 aromatic carbocycles. The molecule has 0 aliphatic heterocycles. The molecule has 0 fully saturated rings. The van der Waals surface area contributed by atoms with Gasteiger partial charge >= 0.3 is 7.12 Å². The Morgan fingerprint density at radius 1 is 1.38 bits per heavy atom. The molecule has 0 saturated heterocycles. The van der Waals surface area contributed by atoms with Gasteiger partial charge in [0, 0.05) is 0 Å². The zero-order chi connectivity index (χ0) is 11.5. The summed E-state index contributed by atoms with van der Waals surface area (Å²) >= 11 is 0. The minimum Gasteiger partial charge on any atom is -0.423 e. The first kappa shape index (κ1) is 10.8. The van der Waals surface area contributed by atoms with Crippen LogP contribution in [-0.4, -0.2) is 31.9 Å². The molecule has 82 valence electrons. The number of rotatable bonds is 3. The van der Waals surface area contributed by atoms with Gasteiger partial charge in [0.15, 0.2) is 0 Å². The lowest BCUT2D eigenvalue weighted by Gasteiger charge is -2.07. The van der Waals surface area contributed by atoms with Crippen molar-refractivity contribution in [3.63, 3.8) is 0 Å². The summed E-state index contributed by atoms with van der Waals surface area (Å²) in [6.07, 6.45) is 3.09. The molecule has 0 unspecified atom stereocenters. The monoisotopic (exact) mass is 217 g/mol. The Kier molecular flexibility index (Phi) is 3.03. The number of hydrogen-bond donors (Lipinski definition) is 2. The zero-order valence-corrected chi connectivity index (χ0v) is 8.91. The Balaban J connectivity index is 2.26. The van der Waals surface area contributed by atoms with Crippen LogP contribution in [0, 0.1) is 6.92 Å². The lowest BCUT2D eigenvalue weighted by Crippen LogP contribution is -2.32. The minimum absolute atomic E-state index is 0.526. The van der Waals surface area contributed by atoms with E-state index in [1.165, 1.54) is 6.33 Å². The van der Waals surface area contributed by atoms with E-state index in [2.05, 4.69) is 10.1 Å². The highest BCUT2D eigenvalue weighted by Crippen LogP contribution is 2.03. The molecule has 16 heavy (non-hydrogen) atoms. The van der Waals surface area contributed by atoms with Crippen molar-refractivity contribution in [3.05, 3.63) is 42.0 Å². The molecule has 6 heteroatoms. The van der Waals surface area contributed by atoms with Crippen LogP contribution in [0.2, 0.25) is 0 Å². The SMILES string of the molecule is Cc1ccc(Cn2cncn2)cc1B(O)O. The lowest BCUT2D eigenvalue weighted by atomic mass is 9.76. The Morgan fingerprint density at radius 2 is 2.19 bits per heavy atom. The number of nitrogens with zero attached hydrogens (tertiary/aromatic N) is 3. The first-order chi connectivity index (χ1) is 7.66. The van der Waals surface area contributed by atoms with Crippen LogP contribution in [0.15, 0.2) is 30.9 Å². The van der Waals surface area contributed by atoms with E-state index in [9.17, 15) is 10.0 Å². The quantitative estimate of drug-likeness (QED) is 0.668. The van der Waals surface area contributed by atoms with Gasteiger partial charge in [-0.1, -0.05) is 23.8 Å². The highest BCUT2D eigenvalue weighted by molar-refractivity contribution is 6.59. The maximum atomic E-state index is 9.18. The molecular formula is C10H12BN3O2. The van der Waals surface area contributed by atoms with Gasteiger partial charge < -0.3 is 10.0 Å². The van der Waals surface area contributed by atoms with E-state index in [0.717, 1.165) is 11.1 Å². The first-order valence-corrected chi connectivity index (χ1v) is 4.95. The predicted octanol–water partition coefficient (Wildman–Crippen LogP) is -0.685. The molecule has 2 N–H and O–H groups in total. The molecule has 0 aliphatic rings. The average molecular weight is 217 g/mol. The normalized spacial score (nSPS) is 10.4. The van der Waals surface area contributed by atoms with E-state index in [1.54, 1.807) is 17.1 Å². The van der Waals surface area contributed by atoms with Crippen molar-refractivity contribution in [1.29, 1.82) is 0 Å². The largest absolute Gasteiger partial charge is 0.488 e. The summed E-state index contributed by atoms with van der Waals surface area (Å²) in [7, 11) is -1.43. The van der Waals surface area contributed by atoms with E-state index in [-0.39, 0.29) is 0 Å². The Hall–Kier alpha value is -1.66. The van der Waals surface area contributed by atoms with Crippen LogP contribution in [0.3, 0.4) is 0 Å². The van der Waals surface area contributed by atoms with Crippen molar-refractivity contribution in [2.45, 2.75) is 13.5 Å². The third-order valence-electron chi connectivity index (χ3n) is 2.43. The summed E-state index contributed by atoms with van der Waals surface area (Å²) in [5.41, 5.74) is 2.34. The second-order valence-electron chi connectivity index (χ2n) is 3.66. The predicted molar refractivity (Wildman–Crippen MR) is 60.1 cm³/mol. The van der Waals surface area contributed by atoms with Gasteiger partial charge in [-0.2, -0.15) is 5.10 Å². The van der Waals surface area contributed by atoms with Gasteiger partial charge in [-0.15, -0.1) is 0 Å². The van der Waals surface area contributed by atoms with Gasteiger partial charge in [-0.25, -0.2) is 9.67 Å². The standard InChI is InChI=1S/C10H12BN3O2/c1-8-2-3-9(4-10(8)11(15)16)5-14-7-12-6-13-14/h2-4,6-7,15-16H,5H2,1H3. The van der Waals surface area contributed by atoms with E-state index >= 15 is 0 Å². The first-order valence-electron chi connectivity index (χ1n) is 4.95. The molecule has 0 aliphatic carbocycles. The third-order valence-corrected chi connectivity index (χ3v) is 2.43. The molecule has 1 heterocycles. The summed E-state index contributed by atoms with van der Waals surface area (Å²) in [5.74, 6) is 0. The van der Waals surface area contributed by atoms with E-state index in [0.29, 0.717) is 12.0 Å².